The van der Waals surface area contributed by atoms with Crippen molar-refractivity contribution in [1.29, 1.82) is 0 Å². The molecule has 2 aliphatic rings. The summed E-state index contributed by atoms with van der Waals surface area (Å²) in [5.74, 6) is 0. The zero-order chi connectivity index (χ0) is 8.39. The summed E-state index contributed by atoms with van der Waals surface area (Å²) >= 11 is 0. The molecular weight excluding hydrogens is 155 g/mol. The van der Waals surface area contributed by atoms with Crippen LogP contribution in [0.25, 0.3) is 0 Å². The summed E-state index contributed by atoms with van der Waals surface area (Å²) in [6.45, 7) is 3.78. The Morgan fingerprint density at radius 1 is 1.25 bits per heavy atom. The van der Waals surface area contributed by atoms with E-state index in [4.69, 9.17) is 0 Å². The van der Waals surface area contributed by atoms with Crippen LogP contribution in [0.4, 0.5) is 4.39 Å². The van der Waals surface area contributed by atoms with E-state index in [0.717, 1.165) is 26.1 Å². The zero-order valence-electron chi connectivity index (χ0n) is 7.43. The van der Waals surface area contributed by atoms with Gasteiger partial charge in [-0.25, -0.2) is 4.39 Å². The van der Waals surface area contributed by atoms with Gasteiger partial charge in [0.15, 0.2) is 0 Å². The van der Waals surface area contributed by atoms with Crippen molar-refractivity contribution >= 4 is 0 Å². The molecule has 0 aromatic rings. The van der Waals surface area contributed by atoms with Crippen molar-refractivity contribution in [2.75, 3.05) is 26.2 Å². The summed E-state index contributed by atoms with van der Waals surface area (Å²) in [7, 11) is 0. The highest BCUT2D eigenvalue weighted by Gasteiger charge is 2.31. The predicted octanol–water partition coefficient (Wildman–Crippen LogP) is 0.782. The molecule has 0 saturated carbocycles. The van der Waals surface area contributed by atoms with Gasteiger partial charge in [0, 0.05) is 12.6 Å². The lowest BCUT2D eigenvalue weighted by Gasteiger charge is -2.33. The van der Waals surface area contributed by atoms with Crippen molar-refractivity contribution in [1.82, 2.24) is 10.2 Å². The molecule has 1 N–H and O–H groups in total. The SMILES string of the molecule is FC1CNCCC1N1CCCC1. The number of alkyl halides is 1. The first kappa shape index (κ1) is 8.45. The zero-order valence-corrected chi connectivity index (χ0v) is 7.43. The van der Waals surface area contributed by atoms with Crippen molar-refractivity contribution in [2.45, 2.75) is 31.5 Å². The van der Waals surface area contributed by atoms with Crippen molar-refractivity contribution in [3.8, 4) is 0 Å². The minimum Gasteiger partial charge on any atom is -0.314 e. The highest BCUT2D eigenvalue weighted by Crippen LogP contribution is 2.20. The van der Waals surface area contributed by atoms with E-state index >= 15 is 0 Å². The van der Waals surface area contributed by atoms with Crippen LogP contribution in [0.3, 0.4) is 0 Å². The van der Waals surface area contributed by atoms with Crippen LogP contribution in [0.5, 0.6) is 0 Å². The standard InChI is InChI=1S/C9H17FN2/c10-8-7-11-4-3-9(8)12-5-1-2-6-12/h8-9,11H,1-7H2. The molecule has 0 aliphatic carbocycles. The molecule has 2 rings (SSSR count). The van der Waals surface area contributed by atoms with Gasteiger partial charge in [-0.2, -0.15) is 0 Å². The lowest BCUT2D eigenvalue weighted by atomic mass is 10.0. The third-order valence-electron chi connectivity index (χ3n) is 2.98. The maximum absolute atomic E-state index is 13.4. The highest BCUT2D eigenvalue weighted by atomic mass is 19.1. The van der Waals surface area contributed by atoms with Crippen molar-refractivity contribution < 1.29 is 4.39 Å². The topological polar surface area (TPSA) is 15.3 Å². The summed E-state index contributed by atoms with van der Waals surface area (Å²) in [5, 5.41) is 3.09. The normalized spacial score (nSPS) is 38.8. The molecule has 70 valence electrons. The second-order valence-electron chi connectivity index (χ2n) is 3.82. The van der Waals surface area contributed by atoms with Gasteiger partial charge in [-0.15, -0.1) is 0 Å². The van der Waals surface area contributed by atoms with Gasteiger partial charge in [-0.1, -0.05) is 0 Å². The molecule has 0 aromatic carbocycles. The van der Waals surface area contributed by atoms with Crippen molar-refractivity contribution in [2.24, 2.45) is 0 Å². The Kier molecular flexibility index (Phi) is 2.61. The number of piperidine rings is 1. The van der Waals surface area contributed by atoms with Gasteiger partial charge in [-0.05, 0) is 38.9 Å². The Hall–Kier alpha value is -0.150. The fourth-order valence-corrected chi connectivity index (χ4v) is 2.29. The molecule has 0 amide bonds. The first-order valence-corrected chi connectivity index (χ1v) is 4.97. The van der Waals surface area contributed by atoms with Crippen LogP contribution in [0.15, 0.2) is 0 Å². The Labute approximate surface area is 73.1 Å². The van der Waals surface area contributed by atoms with Gasteiger partial charge in [-0.3, -0.25) is 4.90 Å². The van der Waals surface area contributed by atoms with E-state index in [0.29, 0.717) is 6.54 Å². The Balaban J connectivity index is 1.91. The molecule has 2 unspecified atom stereocenters. The second kappa shape index (κ2) is 3.71. The third kappa shape index (κ3) is 1.62. The maximum Gasteiger partial charge on any atom is 0.128 e. The Morgan fingerprint density at radius 2 is 2.00 bits per heavy atom. The van der Waals surface area contributed by atoms with E-state index in [-0.39, 0.29) is 6.04 Å². The monoisotopic (exact) mass is 172 g/mol. The molecule has 3 heteroatoms. The average Bonchev–Trinajstić information content (AvgIpc) is 2.57. The Morgan fingerprint density at radius 3 is 2.67 bits per heavy atom. The third-order valence-corrected chi connectivity index (χ3v) is 2.98. The minimum absolute atomic E-state index is 0.216. The summed E-state index contributed by atoms with van der Waals surface area (Å²) in [6.07, 6.45) is 2.87. The molecule has 2 nitrogen and oxygen atoms in total. The molecule has 0 bridgehead atoms. The highest BCUT2D eigenvalue weighted by molar-refractivity contribution is 4.87. The van der Waals surface area contributed by atoms with E-state index in [9.17, 15) is 4.39 Å². The molecule has 2 aliphatic heterocycles. The quantitative estimate of drug-likeness (QED) is 0.629. The van der Waals surface area contributed by atoms with Crippen LogP contribution in [0.1, 0.15) is 19.3 Å². The smallest absolute Gasteiger partial charge is 0.128 e. The molecular formula is C9H17FN2. The molecule has 0 radical (unpaired) electrons. The fraction of sp³-hybridized carbons (Fsp3) is 1.00. The number of nitrogens with zero attached hydrogens (tertiary/aromatic N) is 1. The second-order valence-corrected chi connectivity index (χ2v) is 3.82. The van der Waals surface area contributed by atoms with Gasteiger partial charge in [0.05, 0.1) is 0 Å². The minimum atomic E-state index is -0.642. The molecule has 2 atom stereocenters. The summed E-state index contributed by atoms with van der Waals surface area (Å²) < 4.78 is 13.4. The first-order chi connectivity index (χ1) is 5.88. The van der Waals surface area contributed by atoms with E-state index in [2.05, 4.69) is 10.2 Å². The van der Waals surface area contributed by atoms with E-state index < -0.39 is 6.17 Å². The molecule has 2 saturated heterocycles. The molecule has 2 heterocycles. The molecule has 0 aromatic heterocycles. The van der Waals surface area contributed by atoms with E-state index in [1.54, 1.807) is 0 Å². The van der Waals surface area contributed by atoms with Crippen LogP contribution < -0.4 is 5.32 Å². The number of likely N-dealkylation sites (tertiary alicyclic amines) is 1. The van der Waals surface area contributed by atoms with Crippen molar-refractivity contribution in [3.05, 3.63) is 0 Å². The summed E-state index contributed by atoms with van der Waals surface area (Å²) in [5.41, 5.74) is 0. The predicted molar refractivity (Wildman–Crippen MR) is 47.0 cm³/mol. The van der Waals surface area contributed by atoms with Crippen LogP contribution >= 0.6 is 0 Å². The molecule has 0 spiro atoms. The van der Waals surface area contributed by atoms with Gasteiger partial charge in [0.2, 0.25) is 0 Å². The average molecular weight is 172 g/mol. The maximum atomic E-state index is 13.4. The van der Waals surface area contributed by atoms with Gasteiger partial charge >= 0.3 is 0 Å². The Bertz CT molecular complexity index is 145. The first-order valence-electron chi connectivity index (χ1n) is 4.97. The summed E-state index contributed by atoms with van der Waals surface area (Å²) in [6, 6.07) is 0.216. The van der Waals surface area contributed by atoms with Gasteiger partial charge < -0.3 is 5.32 Å². The van der Waals surface area contributed by atoms with Gasteiger partial charge in [0.25, 0.3) is 0 Å². The summed E-state index contributed by atoms with van der Waals surface area (Å²) in [4.78, 5) is 2.32. The van der Waals surface area contributed by atoms with Crippen LogP contribution in [-0.4, -0.2) is 43.3 Å². The number of halogens is 1. The molecule has 12 heavy (non-hydrogen) atoms. The van der Waals surface area contributed by atoms with Crippen LogP contribution in [-0.2, 0) is 0 Å². The fourth-order valence-electron chi connectivity index (χ4n) is 2.29. The number of hydrogen-bond donors (Lipinski definition) is 1. The lowest BCUT2D eigenvalue weighted by molar-refractivity contribution is 0.104. The number of hydrogen-bond acceptors (Lipinski definition) is 2. The van der Waals surface area contributed by atoms with Gasteiger partial charge in [0.1, 0.15) is 6.17 Å². The van der Waals surface area contributed by atoms with Crippen LogP contribution in [0.2, 0.25) is 0 Å². The van der Waals surface area contributed by atoms with Crippen molar-refractivity contribution in [3.63, 3.8) is 0 Å². The van der Waals surface area contributed by atoms with E-state index in [1.165, 1.54) is 12.8 Å². The number of nitrogens with one attached hydrogen (secondary N) is 1. The van der Waals surface area contributed by atoms with E-state index in [1.807, 2.05) is 0 Å². The number of rotatable bonds is 1. The molecule has 2 fully saturated rings. The lowest BCUT2D eigenvalue weighted by Crippen LogP contribution is -2.50. The van der Waals surface area contributed by atoms with Crippen LogP contribution in [0, 0.1) is 0 Å². The largest absolute Gasteiger partial charge is 0.314 e.